The van der Waals surface area contributed by atoms with Crippen LogP contribution in [0, 0.1) is 0 Å². The average Bonchev–Trinajstić information content (AvgIpc) is 1.89. The number of hydrogen-bond donors (Lipinski definition) is 0. The molecule has 0 N–H and O–H groups in total. The van der Waals surface area contributed by atoms with Gasteiger partial charge in [-0.15, -0.1) is 0 Å². The Morgan fingerprint density at radius 1 is 1.33 bits per heavy atom. The van der Waals surface area contributed by atoms with Gasteiger partial charge in [-0.05, 0) is 19.8 Å². The van der Waals surface area contributed by atoms with Crippen molar-refractivity contribution in [3.05, 3.63) is 0 Å². The highest BCUT2D eigenvalue weighted by molar-refractivity contribution is 4.69. The van der Waals surface area contributed by atoms with Crippen LogP contribution in [0.4, 0.5) is 0 Å². The highest BCUT2D eigenvalue weighted by atomic mass is 16.6. The molecule has 0 rings (SSSR count). The second-order valence-corrected chi connectivity index (χ2v) is 2.42. The van der Waals surface area contributed by atoms with Crippen LogP contribution < -0.4 is 0 Å². The zero-order valence-electron chi connectivity index (χ0n) is 6.44. The van der Waals surface area contributed by atoms with Crippen molar-refractivity contribution in [1.29, 1.82) is 0 Å². The minimum atomic E-state index is -0.418. The van der Waals surface area contributed by atoms with E-state index in [2.05, 4.69) is 0 Å². The van der Waals surface area contributed by atoms with Crippen LogP contribution in [0.1, 0.15) is 33.6 Å². The van der Waals surface area contributed by atoms with Crippen LogP contribution in [0.5, 0.6) is 0 Å². The molecule has 0 aromatic rings. The highest BCUT2D eigenvalue weighted by Crippen LogP contribution is 2.18. The molecule has 0 saturated heterocycles. The molecule has 0 atom stereocenters. The van der Waals surface area contributed by atoms with Crippen molar-refractivity contribution in [2.24, 2.45) is 0 Å². The van der Waals surface area contributed by atoms with Crippen LogP contribution in [0.15, 0.2) is 0 Å². The summed E-state index contributed by atoms with van der Waals surface area (Å²) in [5, 5.41) is 10.0. The maximum atomic E-state index is 10.0. The van der Waals surface area contributed by atoms with Crippen molar-refractivity contribution >= 4 is 0 Å². The van der Waals surface area contributed by atoms with Gasteiger partial charge in [-0.25, -0.2) is 5.11 Å². The van der Waals surface area contributed by atoms with Crippen LogP contribution >= 0.6 is 0 Å². The van der Waals surface area contributed by atoms with Gasteiger partial charge in [0.25, 0.3) is 0 Å². The molecule has 55 valence electrons. The molecule has 0 amide bonds. The van der Waals surface area contributed by atoms with E-state index in [4.69, 9.17) is 4.74 Å². The number of ether oxygens (including phenoxy) is 1. The zero-order chi connectivity index (χ0) is 7.33. The lowest BCUT2D eigenvalue weighted by Gasteiger charge is -2.24. The van der Waals surface area contributed by atoms with Crippen molar-refractivity contribution in [3.63, 3.8) is 0 Å². The summed E-state index contributed by atoms with van der Waals surface area (Å²) in [4.78, 5) is 0. The molecule has 0 spiro atoms. The van der Waals surface area contributed by atoms with Gasteiger partial charge in [0, 0.05) is 0 Å². The molecule has 2 nitrogen and oxygen atoms in total. The first-order valence-corrected chi connectivity index (χ1v) is 3.40. The molecule has 0 unspecified atom stereocenters. The fourth-order valence-electron chi connectivity index (χ4n) is 0.596. The maximum Gasteiger partial charge on any atom is 0.181 e. The van der Waals surface area contributed by atoms with E-state index in [-0.39, 0.29) is 5.60 Å². The van der Waals surface area contributed by atoms with Gasteiger partial charge in [0.1, 0.15) is 0 Å². The van der Waals surface area contributed by atoms with Crippen molar-refractivity contribution in [3.8, 4) is 0 Å². The van der Waals surface area contributed by atoms with Gasteiger partial charge in [-0.3, -0.25) is 0 Å². The predicted molar refractivity (Wildman–Crippen MR) is 35.6 cm³/mol. The van der Waals surface area contributed by atoms with Crippen LogP contribution in [-0.2, 0) is 9.84 Å². The molecule has 0 bridgehead atoms. The Morgan fingerprint density at radius 2 is 1.78 bits per heavy atom. The lowest BCUT2D eigenvalue weighted by atomic mass is 10.0. The maximum absolute atomic E-state index is 10.0. The molecule has 0 saturated carbocycles. The van der Waals surface area contributed by atoms with E-state index >= 15 is 0 Å². The lowest BCUT2D eigenvalue weighted by molar-refractivity contribution is -0.135. The molecular formula is C7H15O2. The molecule has 0 heterocycles. The van der Waals surface area contributed by atoms with E-state index in [9.17, 15) is 5.11 Å². The molecule has 0 aliphatic heterocycles. The van der Waals surface area contributed by atoms with Gasteiger partial charge in [-0.1, -0.05) is 13.8 Å². The number of rotatable bonds is 4. The third-order valence-electron chi connectivity index (χ3n) is 1.90. The predicted octanol–water partition coefficient (Wildman–Crippen LogP) is 1.97. The van der Waals surface area contributed by atoms with Crippen LogP contribution in [0.25, 0.3) is 0 Å². The van der Waals surface area contributed by atoms with E-state index in [1.54, 1.807) is 0 Å². The van der Waals surface area contributed by atoms with E-state index in [0.717, 1.165) is 12.8 Å². The van der Waals surface area contributed by atoms with Gasteiger partial charge in [-0.2, -0.15) is 0 Å². The SMILES string of the molecule is CCC(C)(CC)OC[O]. The van der Waals surface area contributed by atoms with Gasteiger partial charge in [0.15, 0.2) is 6.79 Å². The summed E-state index contributed by atoms with van der Waals surface area (Å²) in [6.07, 6.45) is 1.82. The van der Waals surface area contributed by atoms with Gasteiger partial charge in [0.05, 0.1) is 5.60 Å². The summed E-state index contributed by atoms with van der Waals surface area (Å²) in [5.74, 6) is 0. The molecule has 0 aliphatic rings. The Labute approximate surface area is 56.8 Å². The summed E-state index contributed by atoms with van der Waals surface area (Å²) >= 11 is 0. The fourth-order valence-corrected chi connectivity index (χ4v) is 0.596. The van der Waals surface area contributed by atoms with Crippen LogP contribution in [0.2, 0.25) is 0 Å². The largest absolute Gasteiger partial charge is 0.346 e. The summed E-state index contributed by atoms with van der Waals surface area (Å²) in [6.45, 7) is 5.60. The van der Waals surface area contributed by atoms with Crippen molar-refractivity contribution in [2.45, 2.75) is 39.2 Å². The van der Waals surface area contributed by atoms with Crippen LogP contribution in [-0.4, -0.2) is 12.4 Å². The third kappa shape index (κ3) is 2.82. The monoisotopic (exact) mass is 131 g/mol. The zero-order valence-corrected chi connectivity index (χ0v) is 6.44. The van der Waals surface area contributed by atoms with Crippen LogP contribution in [0.3, 0.4) is 0 Å². The standard InChI is InChI=1S/C7H15O2/c1-4-7(3,5-2)9-6-8/h4-6H2,1-3H3. The third-order valence-corrected chi connectivity index (χ3v) is 1.90. The topological polar surface area (TPSA) is 29.1 Å². The van der Waals surface area contributed by atoms with E-state index in [0.29, 0.717) is 0 Å². The molecular weight excluding hydrogens is 116 g/mol. The minimum Gasteiger partial charge on any atom is -0.346 e. The molecule has 1 radical (unpaired) electrons. The first kappa shape index (κ1) is 8.92. The highest BCUT2D eigenvalue weighted by Gasteiger charge is 2.19. The Balaban J connectivity index is 3.62. The smallest absolute Gasteiger partial charge is 0.181 e. The summed E-state index contributed by atoms with van der Waals surface area (Å²) in [7, 11) is 0. The normalized spacial score (nSPS) is 12.0. The molecule has 2 heteroatoms. The summed E-state index contributed by atoms with van der Waals surface area (Å²) < 4.78 is 4.97. The Morgan fingerprint density at radius 3 is 1.89 bits per heavy atom. The van der Waals surface area contributed by atoms with E-state index in [1.165, 1.54) is 0 Å². The average molecular weight is 131 g/mol. The molecule has 0 aromatic heterocycles. The van der Waals surface area contributed by atoms with Gasteiger partial charge in [0.2, 0.25) is 0 Å². The van der Waals surface area contributed by atoms with Crippen molar-refractivity contribution in [1.82, 2.24) is 0 Å². The van der Waals surface area contributed by atoms with Gasteiger partial charge >= 0.3 is 0 Å². The Bertz CT molecular complexity index is 67.3. The van der Waals surface area contributed by atoms with Gasteiger partial charge < -0.3 is 4.74 Å². The molecule has 0 aromatic carbocycles. The van der Waals surface area contributed by atoms with Crippen molar-refractivity contribution < 1.29 is 9.84 Å². The second kappa shape index (κ2) is 3.85. The first-order valence-electron chi connectivity index (χ1n) is 3.40. The lowest BCUT2D eigenvalue weighted by Crippen LogP contribution is -2.26. The first-order chi connectivity index (χ1) is 4.18. The molecule has 0 aliphatic carbocycles. The van der Waals surface area contributed by atoms with E-state index < -0.39 is 6.79 Å². The van der Waals surface area contributed by atoms with E-state index in [1.807, 2.05) is 20.8 Å². The summed E-state index contributed by atoms with van der Waals surface area (Å²) in [5.41, 5.74) is -0.179. The number of hydrogen-bond acceptors (Lipinski definition) is 1. The minimum absolute atomic E-state index is 0.179. The molecule has 0 fully saturated rings. The van der Waals surface area contributed by atoms with Crippen molar-refractivity contribution in [2.75, 3.05) is 6.79 Å². The molecule has 9 heavy (non-hydrogen) atoms. The Kier molecular flexibility index (Phi) is 3.82. The summed E-state index contributed by atoms with van der Waals surface area (Å²) in [6, 6.07) is 0. The quantitative estimate of drug-likeness (QED) is 0.536. The second-order valence-electron chi connectivity index (χ2n) is 2.42. The Hall–Kier alpha value is -0.0800. The fraction of sp³-hybridized carbons (Fsp3) is 1.00.